The second-order valence-electron chi connectivity index (χ2n) is 7.07. The van der Waals surface area contributed by atoms with Gasteiger partial charge in [-0.2, -0.15) is 4.31 Å². The normalized spacial score (nSPS) is 17.3. The fourth-order valence-electron chi connectivity index (χ4n) is 3.30. The summed E-state index contributed by atoms with van der Waals surface area (Å²) in [6, 6.07) is 7.75. The van der Waals surface area contributed by atoms with Crippen molar-refractivity contribution in [3.05, 3.63) is 58.9 Å². The van der Waals surface area contributed by atoms with Crippen molar-refractivity contribution in [2.75, 3.05) is 11.9 Å². The fraction of sp³-hybridized carbons (Fsp3) is 0.300. The van der Waals surface area contributed by atoms with Gasteiger partial charge in [0.2, 0.25) is 21.8 Å². The van der Waals surface area contributed by atoms with Crippen molar-refractivity contribution in [1.82, 2.24) is 4.31 Å². The summed E-state index contributed by atoms with van der Waals surface area (Å²) in [5, 5.41) is 2.56. The van der Waals surface area contributed by atoms with Crippen molar-refractivity contribution in [3.63, 3.8) is 0 Å². The van der Waals surface area contributed by atoms with E-state index in [0.29, 0.717) is 12.8 Å². The van der Waals surface area contributed by atoms with E-state index < -0.39 is 33.7 Å². The summed E-state index contributed by atoms with van der Waals surface area (Å²) in [6.45, 7) is 3.51. The van der Waals surface area contributed by atoms with Gasteiger partial charge in [-0.3, -0.25) is 9.59 Å². The van der Waals surface area contributed by atoms with Crippen molar-refractivity contribution in [2.24, 2.45) is 5.73 Å². The first kappa shape index (κ1) is 20.9. The molecule has 0 aliphatic carbocycles. The second kappa shape index (κ2) is 7.92. The molecule has 1 atom stereocenters. The molecule has 2 amide bonds. The van der Waals surface area contributed by atoms with E-state index in [9.17, 15) is 22.4 Å². The monoisotopic (exact) mass is 419 g/mol. The van der Waals surface area contributed by atoms with E-state index in [1.54, 1.807) is 12.1 Å². The lowest BCUT2D eigenvalue weighted by molar-refractivity contribution is -0.119. The Kier molecular flexibility index (Phi) is 5.72. The third kappa shape index (κ3) is 4.15. The van der Waals surface area contributed by atoms with E-state index in [1.807, 2.05) is 6.92 Å². The Morgan fingerprint density at radius 1 is 1.17 bits per heavy atom. The fourth-order valence-corrected chi connectivity index (χ4v) is 4.96. The molecule has 0 bridgehead atoms. The molecule has 7 nitrogen and oxygen atoms in total. The average molecular weight is 419 g/mol. The summed E-state index contributed by atoms with van der Waals surface area (Å²) in [6.07, 6.45) is 0.867. The maximum Gasteiger partial charge on any atom is 0.248 e. The number of primary amides is 1. The summed E-state index contributed by atoms with van der Waals surface area (Å²) in [5.74, 6) is -2.10. The smallest absolute Gasteiger partial charge is 0.248 e. The quantitative estimate of drug-likeness (QED) is 0.775. The molecule has 2 aromatic carbocycles. The van der Waals surface area contributed by atoms with Crippen molar-refractivity contribution in [3.8, 4) is 0 Å². The molecule has 3 N–H and O–H groups in total. The number of nitrogens with zero attached hydrogens (tertiary/aromatic N) is 1. The van der Waals surface area contributed by atoms with Crippen LogP contribution in [0.1, 0.15) is 34.3 Å². The highest BCUT2D eigenvalue weighted by Crippen LogP contribution is 2.28. The number of nitrogens with two attached hydrogens (primary N) is 1. The van der Waals surface area contributed by atoms with Crippen LogP contribution in [0.3, 0.4) is 0 Å². The van der Waals surface area contributed by atoms with Gasteiger partial charge in [0.1, 0.15) is 11.9 Å². The minimum absolute atomic E-state index is 0.0843. The van der Waals surface area contributed by atoms with Crippen LogP contribution in [0, 0.1) is 19.7 Å². The molecule has 1 heterocycles. The van der Waals surface area contributed by atoms with E-state index >= 15 is 0 Å². The highest BCUT2D eigenvalue weighted by Gasteiger charge is 2.39. The van der Waals surface area contributed by atoms with Gasteiger partial charge in [-0.1, -0.05) is 17.7 Å². The first-order chi connectivity index (χ1) is 13.6. The molecule has 154 valence electrons. The van der Waals surface area contributed by atoms with E-state index in [2.05, 4.69) is 5.32 Å². The topological polar surface area (TPSA) is 110 Å². The first-order valence-corrected chi connectivity index (χ1v) is 10.5. The van der Waals surface area contributed by atoms with Gasteiger partial charge in [-0.25, -0.2) is 12.8 Å². The average Bonchev–Trinajstić information content (AvgIpc) is 3.16. The summed E-state index contributed by atoms with van der Waals surface area (Å²) in [5.41, 5.74) is 6.26. The van der Waals surface area contributed by atoms with Crippen molar-refractivity contribution < 1.29 is 22.4 Å². The number of nitrogens with one attached hydrogen (secondary N) is 1. The van der Waals surface area contributed by atoms with Crippen LogP contribution in [-0.4, -0.2) is 37.1 Å². The van der Waals surface area contributed by atoms with Gasteiger partial charge in [0.15, 0.2) is 0 Å². The van der Waals surface area contributed by atoms with Crippen LogP contribution in [0.4, 0.5) is 10.1 Å². The van der Waals surface area contributed by atoms with Gasteiger partial charge in [-0.05, 0) is 51.0 Å². The van der Waals surface area contributed by atoms with Gasteiger partial charge in [-0.15, -0.1) is 0 Å². The van der Waals surface area contributed by atoms with Gasteiger partial charge >= 0.3 is 0 Å². The highest BCUT2D eigenvalue weighted by atomic mass is 32.2. The molecular formula is C20H22FN3O4S. The van der Waals surface area contributed by atoms with Crippen LogP contribution in [0.5, 0.6) is 0 Å². The Balaban J connectivity index is 1.88. The van der Waals surface area contributed by atoms with Crippen LogP contribution in [-0.2, 0) is 14.8 Å². The zero-order chi connectivity index (χ0) is 21.3. The van der Waals surface area contributed by atoms with Crippen molar-refractivity contribution >= 4 is 27.5 Å². The minimum atomic E-state index is -3.86. The van der Waals surface area contributed by atoms with Gasteiger partial charge in [0.05, 0.1) is 4.90 Å². The molecular weight excluding hydrogens is 397 g/mol. The molecule has 0 saturated carbocycles. The molecule has 0 radical (unpaired) electrons. The highest BCUT2D eigenvalue weighted by molar-refractivity contribution is 7.89. The molecule has 0 spiro atoms. The van der Waals surface area contributed by atoms with E-state index in [4.69, 9.17) is 5.73 Å². The molecule has 9 heteroatoms. The summed E-state index contributed by atoms with van der Waals surface area (Å²) in [4.78, 5) is 24.3. The molecule has 1 saturated heterocycles. The van der Waals surface area contributed by atoms with Gasteiger partial charge < -0.3 is 11.1 Å². The lowest BCUT2D eigenvalue weighted by Crippen LogP contribution is -2.43. The zero-order valence-electron chi connectivity index (χ0n) is 16.1. The SMILES string of the molecule is Cc1ccc(S(=O)(=O)N2CCC[C@H]2C(=O)Nc2cc(C(N)=O)cc(F)c2C)cc1. The van der Waals surface area contributed by atoms with Crippen LogP contribution in [0.2, 0.25) is 0 Å². The lowest BCUT2D eigenvalue weighted by Gasteiger charge is -2.24. The van der Waals surface area contributed by atoms with Crippen LogP contribution in [0.25, 0.3) is 0 Å². The van der Waals surface area contributed by atoms with Crippen LogP contribution < -0.4 is 11.1 Å². The number of anilines is 1. The van der Waals surface area contributed by atoms with Crippen LogP contribution >= 0.6 is 0 Å². The largest absolute Gasteiger partial charge is 0.366 e. The van der Waals surface area contributed by atoms with Gasteiger partial charge in [0, 0.05) is 23.4 Å². The molecule has 3 rings (SSSR count). The number of benzene rings is 2. The number of hydrogen-bond donors (Lipinski definition) is 2. The third-order valence-electron chi connectivity index (χ3n) is 5.02. The Labute approximate surface area is 168 Å². The molecule has 1 aliphatic rings. The Morgan fingerprint density at radius 2 is 1.83 bits per heavy atom. The molecule has 0 unspecified atom stereocenters. The summed E-state index contributed by atoms with van der Waals surface area (Å²) >= 11 is 0. The van der Waals surface area contributed by atoms with Crippen LogP contribution in [0.15, 0.2) is 41.3 Å². The van der Waals surface area contributed by atoms with E-state index in [-0.39, 0.29) is 28.3 Å². The number of amides is 2. The maximum absolute atomic E-state index is 14.1. The van der Waals surface area contributed by atoms with E-state index in [0.717, 1.165) is 15.9 Å². The van der Waals surface area contributed by atoms with Crippen molar-refractivity contribution in [1.29, 1.82) is 0 Å². The number of sulfonamides is 1. The second-order valence-corrected chi connectivity index (χ2v) is 8.96. The molecule has 1 fully saturated rings. The Morgan fingerprint density at radius 3 is 2.45 bits per heavy atom. The molecule has 29 heavy (non-hydrogen) atoms. The number of hydrogen-bond acceptors (Lipinski definition) is 4. The predicted octanol–water partition coefficient (Wildman–Crippen LogP) is 2.33. The lowest BCUT2D eigenvalue weighted by atomic mass is 10.1. The zero-order valence-corrected chi connectivity index (χ0v) is 16.9. The minimum Gasteiger partial charge on any atom is -0.366 e. The number of aryl methyl sites for hydroxylation is 1. The number of rotatable bonds is 5. The Bertz CT molecular complexity index is 1070. The number of carbonyl (C=O) groups excluding carboxylic acids is 2. The molecule has 1 aliphatic heterocycles. The summed E-state index contributed by atoms with van der Waals surface area (Å²) in [7, 11) is -3.86. The number of halogens is 1. The molecule has 0 aromatic heterocycles. The molecule has 2 aromatic rings. The first-order valence-electron chi connectivity index (χ1n) is 9.10. The van der Waals surface area contributed by atoms with Gasteiger partial charge in [0.25, 0.3) is 0 Å². The predicted molar refractivity (Wildman–Crippen MR) is 106 cm³/mol. The number of carbonyl (C=O) groups is 2. The van der Waals surface area contributed by atoms with Crippen molar-refractivity contribution in [2.45, 2.75) is 37.6 Å². The van der Waals surface area contributed by atoms with E-state index in [1.165, 1.54) is 25.1 Å². The summed E-state index contributed by atoms with van der Waals surface area (Å²) < 4.78 is 41.3. The third-order valence-corrected chi connectivity index (χ3v) is 6.94. The Hall–Kier alpha value is -2.78. The maximum atomic E-state index is 14.1. The standard InChI is InChI=1S/C20H22FN3O4S/c1-12-5-7-15(8-6-12)29(27,28)24-9-3-4-18(24)20(26)23-17-11-14(19(22)25)10-16(21)13(17)2/h5-8,10-11,18H,3-4,9H2,1-2H3,(H2,22,25)(H,23,26)/t18-/m0/s1.